The molecule has 0 unspecified atom stereocenters. The van der Waals surface area contributed by atoms with Crippen molar-refractivity contribution in [1.29, 1.82) is 0 Å². The number of benzene rings is 9. The topological polar surface area (TPSA) is 48.5 Å². The molecule has 0 saturated carbocycles. The van der Waals surface area contributed by atoms with Gasteiger partial charge in [0.15, 0.2) is 17.5 Å². The first kappa shape index (κ1) is 32.4. The van der Waals surface area contributed by atoms with Gasteiger partial charge in [-0.1, -0.05) is 146 Å². The molecule has 0 amide bonds. The summed E-state index contributed by atoms with van der Waals surface area (Å²) in [6.07, 6.45) is 0. The van der Waals surface area contributed by atoms with Crippen LogP contribution in [0.25, 0.3) is 111 Å². The minimum atomic E-state index is 0.636. The quantitative estimate of drug-likeness (QED) is 0.177. The molecule has 5 nitrogen and oxygen atoms in total. The summed E-state index contributed by atoms with van der Waals surface area (Å²) >= 11 is 0. The number of nitrogens with zero attached hydrogens (tertiary/aromatic N) is 5. The molecule has 270 valence electrons. The largest absolute Gasteiger partial charge is 0.309 e. The molecule has 0 spiro atoms. The first-order chi connectivity index (χ1) is 28.8. The maximum absolute atomic E-state index is 5.21. The summed E-state index contributed by atoms with van der Waals surface area (Å²) in [4.78, 5) is 15.4. The molecule has 0 saturated heterocycles. The van der Waals surface area contributed by atoms with Gasteiger partial charge < -0.3 is 9.13 Å². The van der Waals surface area contributed by atoms with E-state index in [4.69, 9.17) is 15.0 Å². The Morgan fingerprint density at radius 1 is 0.310 bits per heavy atom. The van der Waals surface area contributed by atoms with Crippen LogP contribution in [0.15, 0.2) is 200 Å². The number of hydrogen-bond donors (Lipinski definition) is 0. The minimum absolute atomic E-state index is 0.636. The van der Waals surface area contributed by atoms with Crippen LogP contribution in [0, 0.1) is 0 Å². The normalized spacial score (nSPS) is 11.8. The fraction of sp³-hybridized carbons (Fsp3) is 0. The Morgan fingerprint density at radius 3 is 1.57 bits per heavy atom. The standard InChI is InChI=1S/C53H33N5/c1-3-16-35(17-4-1)51-54-52(37-28-27-34-15-7-8-18-36(34)33-37)56-53(55-51)41-29-30-46(40-22-10-9-21-39(40)41)58-45-26-14-12-24-43(45)50-48(58)32-31-47-49(50)42-23-11-13-25-44(42)57(47)38-19-5-2-6-20-38/h1-33H. The van der Waals surface area contributed by atoms with Crippen LogP contribution >= 0.6 is 0 Å². The lowest BCUT2D eigenvalue weighted by atomic mass is 10.0. The van der Waals surface area contributed by atoms with E-state index in [-0.39, 0.29) is 0 Å². The zero-order valence-electron chi connectivity index (χ0n) is 31.3. The number of aromatic nitrogens is 5. The molecule has 0 aliphatic rings. The zero-order valence-corrected chi connectivity index (χ0v) is 31.3. The molecule has 3 heterocycles. The molecule has 0 aliphatic heterocycles. The molecule has 12 rings (SSSR count). The summed E-state index contributed by atoms with van der Waals surface area (Å²) in [6.45, 7) is 0. The smallest absolute Gasteiger partial charge is 0.164 e. The SMILES string of the molecule is c1ccc(-c2nc(-c3ccc4ccccc4c3)nc(-c3ccc(-n4c5ccccc5c5c6c7ccccc7n(-c7ccccc7)c6ccc54)c4ccccc34)n2)cc1. The average molecular weight is 740 g/mol. The van der Waals surface area contributed by atoms with Crippen LogP contribution in [0.3, 0.4) is 0 Å². The first-order valence-corrected chi connectivity index (χ1v) is 19.6. The van der Waals surface area contributed by atoms with Crippen molar-refractivity contribution in [3.8, 4) is 45.5 Å². The van der Waals surface area contributed by atoms with Gasteiger partial charge in [-0.15, -0.1) is 0 Å². The summed E-state index contributed by atoms with van der Waals surface area (Å²) in [7, 11) is 0. The maximum Gasteiger partial charge on any atom is 0.164 e. The Kier molecular flexibility index (Phi) is 7.16. The molecular formula is C53H33N5. The third kappa shape index (κ3) is 4.93. The molecule has 5 heteroatoms. The molecule has 0 N–H and O–H groups in total. The van der Waals surface area contributed by atoms with Crippen molar-refractivity contribution < 1.29 is 0 Å². The van der Waals surface area contributed by atoms with Crippen LogP contribution in [0.2, 0.25) is 0 Å². The van der Waals surface area contributed by atoms with Crippen molar-refractivity contribution in [2.45, 2.75) is 0 Å². The summed E-state index contributed by atoms with van der Waals surface area (Å²) < 4.78 is 4.83. The number of fused-ring (bicyclic) bond motifs is 9. The average Bonchev–Trinajstić information content (AvgIpc) is 3.82. The number of para-hydroxylation sites is 3. The Hall–Kier alpha value is -7.89. The van der Waals surface area contributed by atoms with E-state index in [1.54, 1.807) is 0 Å². The summed E-state index contributed by atoms with van der Waals surface area (Å²) in [6, 6.07) is 70.9. The second-order valence-electron chi connectivity index (χ2n) is 14.8. The molecular weight excluding hydrogens is 707 g/mol. The van der Waals surface area contributed by atoms with Crippen LogP contribution in [-0.2, 0) is 0 Å². The van der Waals surface area contributed by atoms with Gasteiger partial charge in [-0.3, -0.25) is 0 Å². The third-order valence-corrected chi connectivity index (χ3v) is 11.5. The Labute approximate surface area is 333 Å². The van der Waals surface area contributed by atoms with E-state index in [1.807, 2.05) is 18.2 Å². The van der Waals surface area contributed by atoms with Crippen molar-refractivity contribution >= 4 is 65.2 Å². The van der Waals surface area contributed by atoms with Crippen LogP contribution in [-0.4, -0.2) is 24.1 Å². The van der Waals surface area contributed by atoms with E-state index in [9.17, 15) is 0 Å². The van der Waals surface area contributed by atoms with E-state index in [0.717, 1.165) is 55.3 Å². The highest BCUT2D eigenvalue weighted by Gasteiger charge is 2.22. The Balaban J connectivity index is 1.11. The lowest BCUT2D eigenvalue weighted by Crippen LogP contribution is -2.02. The monoisotopic (exact) mass is 739 g/mol. The molecule has 9 aromatic carbocycles. The predicted molar refractivity (Wildman–Crippen MR) is 240 cm³/mol. The van der Waals surface area contributed by atoms with Crippen molar-refractivity contribution in [2.75, 3.05) is 0 Å². The van der Waals surface area contributed by atoms with Crippen molar-refractivity contribution in [2.24, 2.45) is 0 Å². The second kappa shape index (κ2) is 12.8. The lowest BCUT2D eigenvalue weighted by Gasteiger charge is -2.15. The van der Waals surface area contributed by atoms with E-state index < -0.39 is 0 Å². The molecule has 0 bridgehead atoms. The third-order valence-electron chi connectivity index (χ3n) is 11.5. The summed E-state index contributed by atoms with van der Waals surface area (Å²) in [5, 5.41) is 9.47. The van der Waals surface area contributed by atoms with E-state index in [1.165, 1.54) is 38.0 Å². The second-order valence-corrected chi connectivity index (χ2v) is 14.8. The highest BCUT2D eigenvalue weighted by Crippen LogP contribution is 2.44. The van der Waals surface area contributed by atoms with Crippen LogP contribution in [0.4, 0.5) is 0 Å². The van der Waals surface area contributed by atoms with Gasteiger partial charge in [0.2, 0.25) is 0 Å². The zero-order chi connectivity index (χ0) is 38.2. The molecule has 0 atom stereocenters. The molecule has 58 heavy (non-hydrogen) atoms. The van der Waals surface area contributed by atoms with Gasteiger partial charge in [0.05, 0.1) is 27.8 Å². The van der Waals surface area contributed by atoms with Gasteiger partial charge in [0.25, 0.3) is 0 Å². The van der Waals surface area contributed by atoms with Crippen LogP contribution in [0.1, 0.15) is 0 Å². The Morgan fingerprint density at radius 2 is 0.845 bits per heavy atom. The molecule has 0 aliphatic carbocycles. The highest BCUT2D eigenvalue weighted by molar-refractivity contribution is 6.29. The van der Waals surface area contributed by atoms with Gasteiger partial charge in [-0.05, 0) is 70.8 Å². The lowest BCUT2D eigenvalue weighted by molar-refractivity contribution is 1.08. The maximum atomic E-state index is 5.21. The van der Waals surface area contributed by atoms with Gasteiger partial charge in [-0.25, -0.2) is 15.0 Å². The summed E-state index contributed by atoms with van der Waals surface area (Å²) in [5.41, 5.74) is 9.80. The van der Waals surface area contributed by atoms with E-state index in [2.05, 4.69) is 191 Å². The Bertz CT molecular complexity index is 3560. The summed E-state index contributed by atoms with van der Waals surface area (Å²) in [5.74, 6) is 1.92. The number of hydrogen-bond acceptors (Lipinski definition) is 3. The fourth-order valence-electron chi connectivity index (χ4n) is 8.98. The fourth-order valence-corrected chi connectivity index (χ4v) is 8.98. The predicted octanol–water partition coefficient (Wildman–Crippen LogP) is 13.4. The van der Waals surface area contributed by atoms with Crippen LogP contribution in [0.5, 0.6) is 0 Å². The number of rotatable bonds is 5. The van der Waals surface area contributed by atoms with Gasteiger partial charge in [0, 0.05) is 49.3 Å². The van der Waals surface area contributed by atoms with Crippen molar-refractivity contribution in [3.63, 3.8) is 0 Å². The minimum Gasteiger partial charge on any atom is -0.309 e. The van der Waals surface area contributed by atoms with Gasteiger partial charge in [0.1, 0.15) is 0 Å². The van der Waals surface area contributed by atoms with E-state index >= 15 is 0 Å². The molecule has 12 aromatic rings. The molecule has 3 aromatic heterocycles. The van der Waals surface area contributed by atoms with Crippen molar-refractivity contribution in [3.05, 3.63) is 200 Å². The van der Waals surface area contributed by atoms with Gasteiger partial charge in [-0.2, -0.15) is 0 Å². The van der Waals surface area contributed by atoms with Crippen LogP contribution < -0.4 is 0 Å². The van der Waals surface area contributed by atoms with Gasteiger partial charge >= 0.3 is 0 Å². The van der Waals surface area contributed by atoms with Crippen molar-refractivity contribution in [1.82, 2.24) is 24.1 Å². The molecule has 0 fully saturated rings. The first-order valence-electron chi connectivity index (χ1n) is 19.6. The highest BCUT2D eigenvalue weighted by atomic mass is 15.0. The molecule has 0 radical (unpaired) electrons. The van der Waals surface area contributed by atoms with E-state index in [0.29, 0.717) is 17.5 Å².